The number of aliphatic carboxylic acids is 1. The maximum Gasteiger partial charge on any atom is 0.307 e. The Labute approximate surface area is 138 Å². The first kappa shape index (κ1) is 17.5. The van der Waals surface area contributed by atoms with E-state index in [1.807, 2.05) is 26.0 Å². The maximum atomic E-state index is 11.2. The van der Waals surface area contributed by atoms with E-state index in [9.17, 15) is 9.90 Å². The first-order valence-electron chi connectivity index (χ1n) is 8.34. The molecule has 0 radical (unpaired) electrons. The lowest BCUT2D eigenvalue weighted by atomic mass is 9.97. The molecule has 2 rings (SSSR count). The monoisotopic (exact) mass is 317 g/mol. The van der Waals surface area contributed by atoms with Crippen LogP contribution in [0.2, 0.25) is 0 Å². The molecule has 0 saturated carbocycles. The number of piperidine rings is 1. The van der Waals surface area contributed by atoms with Gasteiger partial charge < -0.3 is 9.84 Å². The molecule has 0 spiro atoms. The molecule has 1 saturated heterocycles. The fourth-order valence-corrected chi connectivity index (χ4v) is 3.07. The van der Waals surface area contributed by atoms with E-state index >= 15 is 0 Å². The summed E-state index contributed by atoms with van der Waals surface area (Å²) in [4.78, 5) is 13.4. The van der Waals surface area contributed by atoms with Crippen LogP contribution in [0.4, 0.5) is 0 Å². The van der Waals surface area contributed by atoms with Gasteiger partial charge in [-0.1, -0.05) is 18.2 Å². The third kappa shape index (κ3) is 5.10. The van der Waals surface area contributed by atoms with Crippen molar-refractivity contribution in [2.75, 3.05) is 13.1 Å². The Morgan fingerprint density at radius 1 is 1.52 bits per heavy atom. The zero-order valence-electron chi connectivity index (χ0n) is 14.1. The summed E-state index contributed by atoms with van der Waals surface area (Å²) in [6.45, 7) is 10.2. The molecule has 0 unspecified atom stereocenters. The van der Waals surface area contributed by atoms with Crippen molar-refractivity contribution in [1.29, 1.82) is 0 Å². The molecular weight excluding hydrogens is 290 g/mol. The number of nitrogens with zero attached hydrogens (tertiary/aromatic N) is 1. The molecule has 1 aliphatic rings. The van der Waals surface area contributed by atoms with Gasteiger partial charge in [0.25, 0.3) is 0 Å². The molecule has 0 amide bonds. The van der Waals surface area contributed by atoms with Gasteiger partial charge in [0.15, 0.2) is 0 Å². The highest BCUT2D eigenvalue weighted by Crippen LogP contribution is 2.25. The molecule has 1 atom stereocenters. The normalized spacial score (nSPS) is 18.8. The fraction of sp³-hybridized carbons (Fsp3) is 0.526. The van der Waals surface area contributed by atoms with Crippen molar-refractivity contribution >= 4 is 5.97 Å². The molecule has 1 aromatic rings. The van der Waals surface area contributed by atoms with Crippen LogP contribution < -0.4 is 4.74 Å². The topological polar surface area (TPSA) is 49.8 Å². The quantitative estimate of drug-likeness (QED) is 0.782. The predicted molar refractivity (Wildman–Crippen MR) is 91.7 cm³/mol. The van der Waals surface area contributed by atoms with Crippen LogP contribution in [0.25, 0.3) is 0 Å². The zero-order chi connectivity index (χ0) is 16.8. The highest BCUT2D eigenvalue weighted by Gasteiger charge is 2.25. The van der Waals surface area contributed by atoms with Crippen LogP contribution in [0.15, 0.2) is 30.9 Å². The molecule has 1 aromatic carbocycles. The van der Waals surface area contributed by atoms with Crippen LogP contribution in [0.1, 0.15) is 37.8 Å². The summed E-state index contributed by atoms with van der Waals surface area (Å²) < 4.78 is 5.85. The Morgan fingerprint density at radius 3 is 2.96 bits per heavy atom. The summed E-state index contributed by atoms with van der Waals surface area (Å²) in [5.74, 6) is -0.00613. The highest BCUT2D eigenvalue weighted by molar-refractivity contribution is 5.70. The second kappa shape index (κ2) is 8.16. The molecule has 126 valence electrons. The van der Waals surface area contributed by atoms with E-state index < -0.39 is 5.97 Å². The smallest absolute Gasteiger partial charge is 0.307 e. The van der Waals surface area contributed by atoms with Crippen LogP contribution in [0.3, 0.4) is 0 Å². The van der Waals surface area contributed by atoms with Gasteiger partial charge in [0.1, 0.15) is 5.75 Å². The van der Waals surface area contributed by atoms with Crippen molar-refractivity contribution in [2.24, 2.45) is 5.92 Å². The number of allylic oxidation sites excluding steroid dienone is 1. The van der Waals surface area contributed by atoms with Crippen LogP contribution in [-0.4, -0.2) is 35.2 Å². The van der Waals surface area contributed by atoms with Gasteiger partial charge in [-0.2, -0.15) is 0 Å². The van der Waals surface area contributed by atoms with E-state index in [-0.39, 0.29) is 12.0 Å². The minimum absolute atomic E-state index is 0.142. The number of benzene rings is 1. The lowest BCUT2D eigenvalue weighted by Crippen LogP contribution is -2.38. The van der Waals surface area contributed by atoms with Crippen molar-refractivity contribution in [3.63, 3.8) is 0 Å². The van der Waals surface area contributed by atoms with E-state index in [4.69, 9.17) is 4.74 Å². The predicted octanol–water partition coefficient (Wildman–Crippen LogP) is 3.50. The molecule has 23 heavy (non-hydrogen) atoms. The number of hydrogen-bond donors (Lipinski definition) is 1. The second-order valence-electron chi connectivity index (χ2n) is 6.51. The molecule has 4 nitrogen and oxygen atoms in total. The van der Waals surface area contributed by atoms with Crippen LogP contribution >= 0.6 is 0 Å². The Bertz CT molecular complexity index is 554. The Morgan fingerprint density at radius 2 is 2.30 bits per heavy atom. The number of ether oxygens (including phenoxy) is 1. The minimum atomic E-state index is -0.678. The number of likely N-dealkylation sites (tertiary alicyclic amines) is 1. The van der Waals surface area contributed by atoms with E-state index in [2.05, 4.69) is 23.6 Å². The first-order valence-corrected chi connectivity index (χ1v) is 8.34. The summed E-state index contributed by atoms with van der Waals surface area (Å²) >= 11 is 0. The maximum absolute atomic E-state index is 11.2. The van der Waals surface area contributed by atoms with Gasteiger partial charge in [0.2, 0.25) is 0 Å². The number of carboxylic acid groups (broad SMARTS) is 1. The van der Waals surface area contributed by atoms with Gasteiger partial charge in [0, 0.05) is 13.1 Å². The summed E-state index contributed by atoms with van der Waals surface area (Å²) in [6.07, 6.45) is 4.53. The van der Waals surface area contributed by atoms with E-state index in [0.29, 0.717) is 6.54 Å². The van der Waals surface area contributed by atoms with Crippen molar-refractivity contribution in [1.82, 2.24) is 4.90 Å². The molecule has 1 fully saturated rings. The lowest BCUT2D eigenvalue weighted by Gasteiger charge is -2.30. The molecule has 0 aromatic heterocycles. The summed E-state index contributed by atoms with van der Waals surface area (Å²) in [7, 11) is 0. The Balaban J connectivity index is 2.08. The minimum Gasteiger partial charge on any atom is -0.491 e. The van der Waals surface area contributed by atoms with Gasteiger partial charge in [-0.25, -0.2) is 0 Å². The average Bonchev–Trinajstić information content (AvgIpc) is 2.50. The van der Waals surface area contributed by atoms with Crippen LogP contribution in [0, 0.1) is 5.92 Å². The zero-order valence-corrected chi connectivity index (χ0v) is 14.1. The lowest BCUT2D eigenvalue weighted by molar-refractivity contribution is -0.143. The van der Waals surface area contributed by atoms with E-state index in [1.54, 1.807) is 0 Å². The van der Waals surface area contributed by atoms with Gasteiger partial charge in [0.05, 0.1) is 12.0 Å². The Kier molecular flexibility index (Phi) is 6.22. The van der Waals surface area contributed by atoms with Crippen LogP contribution in [0.5, 0.6) is 5.75 Å². The highest BCUT2D eigenvalue weighted by atomic mass is 16.5. The third-order valence-electron chi connectivity index (χ3n) is 4.11. The van der Waals surface area contributed by atoms with E-state index in [0.717, 1.165) is 43.7 Å². The second-order valence-corrected chi connectivity index (χ2v) is 6.51. The fourth-order valence-electron chi connectivity index (χ4n) is 3.07. The molecule has 1 aliphatic heterocycles. The van der Waals surface area contributed by atoms with Crippen molar-refractivity contribution in [3.05, 3.63) is 42.0 Å². The van der Waals surface area contributed by atoms with E-state index in [1.165, 1.54) is 5.56 Å². The molecular formula is C19H27NO3. The van der Waals surface area contributed by atoms with Gasteiger partial charge in [-0.05, 0) is 56.8 Å². The largest absolute Gasteiger partial charge is 0.491 e. The van der Waals surface area contributed by atoms with Crippen molar-refractivity contribution < 1.29 is 14.6 Å². The standard InChI is InChI=1S/C19H27NO3/c1-4-6-16-11-15(8-9-18(16)23-14(2)3)12-20-10-5-7-17(13-20)19(21)22/h4,8-9,11,14,17H,1,5-7,10,12-13H2,2-3H3,(H,21,22)/t17-/m0/s1. The number of rotatable bonds is 7. The number of carbonyl (C=O) groups is 1. The molecule has 4 heteroatoms. The number of hydrogen-bond acceptors (Lipinski definition) is 3. The van der Waals surface area contributed by atoms with Crippen molar-refractivity contribution in [3.8, 4) is 5.75 Å². The van der Waals surface area contributed by atoms with Gasteiger partial charge >= 0.3 is 5.97 Å². The molecule has 1 N–H and O–H groups in total. The Hall–Kier alpha value is -1.81. The average molecular weight is 317 g/mol. The van der Waals surface area contributed by atoms with Crippen molar-refractivity contribution in [2.45, 2.75) is 45.8 Å². The third-order valence-corrected chi connectivity index (χ3v) is 4.11. The molecule has 0 bridgehead atoms. The van der Waals surface area contributed by atoms with Crippen LogP contribution in [-0.2, 0) is 17.8 Å². The molecule has 1 heterocycles. The SMILES string of the molecule is C=CCc1cc(CN2CCC[C@H](C(=O)O)C2)ccc1OC(C)C. The van der Waals surface area contributed by atoms with Gasteiger partial charge in [-0.15, -0.1) is 6.58 Å². The first-order chi connectivity index (χ1) is 11.0. The number of carboxylic acids is 1. The summed E-state index contributed by atoms with van der Waals surface area (Å²) in [6, 6.07) is 6.26. The van der Waals surface area contributed by atoms with Gasteiger partial charge in [-0.3, -0.25) is 9.69 Å². The summed E-state index contributed by atoms with van der Waals surface area (Å²) in [5, 5.41) is 9.20. The summed E-state index contributed by atoms with van der Waals surface area (Å²) in [5.41, 5.74) is 2.34. The molecule has 0 aliphatic carbocycles.